The minimum Gasteiger partial charge on any atom is -0.350 e. The number of carbonyl (C=O) groups is 3. The van der Waals surface area contributed by atoms with E-state index in [0.29, 0.717) is 5.92 Å². The van der Waals surface area contributed by atoms with Gasteiger partial charge in [0.1, 0.15) is 29.2 Å². The van der Waals surface area contributed by atoms with Crippen molar-refractivity contribution in [2.24, 2.45) is 11.8 Å². The van der Waals surface area contributed by atoms with Crippen LogP contribution in [0.1, 0.15) is 75.5 Å². The van der Waals surface area contributed by atoms with Gasteiger partial charge in [0.15, 0.2) is 0 Å². The summed E-state index contributed by atoms with van der Waals surface area (Å²) in [5.41, 5.74) is 1.79. The number of aromatic nitrogens is 1. The molecular weight excluding hydrogens is 538 g/mol. The van der Waals surface area contributed by atoms with E-state index in [-0.39, 0.29) is 53.4 Å². The first-order valence-corrected chi connectivity index (χ1v) is 14.1. The van der Waals surface area contributed by atoms with Crippen LogP contribution in [-0.2, 0) is 9.59 Å². The van der Waals surface area contributed by atoms with Crippen LogP contribution in [0.25, 0.3) is 10.9 Å². The number of Topliss-reactive ketones (excluding diaryl/α,β-unsaturated/α-hetero) is 1. The second kappa shape index (κ2) is 15.2. The quantitative estimate of drug-likeness (QED) is 0.366. The van der Waals surface area contributed by atoms with E-state index in [9.17, 15) is 28.4 Å². The van der Waals surface area contributed by atoms with Crippen molar-refractivity contribution in [3.05, 3.63) is 70.9 Å². The number of fused-ring (bicyclic) bond motifs is 1. The van der Waals surface area contributed by atoms with Gasteiger partial charge >= 0.3 is 0 Å². The van der Waals surface area contributed by atoms with Crippen molar-refractivity contribution in [3.8, 4) is 6.07 Å². The predicted molar refractivity (Wildman–Crippen MR) is 161 cm³/mol. The van der Waals surface area contributed by atoms with Crippen molar-refractivity contribution in [1.82, 2.24) is 14.8 Å². The molecule has 9 heteroatoms. The number of likely N-dealkylation sites (tertiary alicyclic amines) is 1. The summed E-state index contributed by atoms with van der Waals surface area (Å²) in [5.74, 6) is -1.54. The molecule has 1 aliphatic heterocycles. The number of rotatable bonds is 5. The Labute approximate surface area is 247 Å². The van der Waals surface area contributed by atoms with E-state index in [1.54, 1.807) is 0 Å². The first kappa shape index (κ1) is 34.1. The molecule has 2 heterocycles. The zero-order chi connectivity index (χ0) is 31.7. The Kier molecular flexibility index (Phi) is 12.4. The number of ketones is 1. The molecule has 0 spiro atoms. The van der Waals surface area contributed by atoms with Crippen molar-refractivity contribution in [2.75, 3.05) is 20.1 Å². The summed E-state index contributed by atoms with van der Waals surface area (Å²) in [5, 5.41) is 9.34. The van der Waals surface area contributed by atoms with Crippen LogP contribution in [0.4, 0.5) is 8.78 Å². The number of nitrogens with zero attached hydrogens (tertiary/aromatic N) is 3. The number of nitrogens with one attached hydrogen (secondary N) is 1. The Hall–Kier alpha value is -4.06. The number of H-pyrrole nitrogens is 1. The summed E-state index contributed by atoms with van der Waals surface area (Å²) < 4.78 is 27.7. The maximum absolute atomic E-state index is 14.0. The molecule has 7 nitrogen and oxygen atoms in total. The summed E-state index contributed by atoms with van der Waals surface area (Å²) in [6.45, 7) is 13.6. The normalized spacial score (nSPS) is 15.9. The summed E-state index contributed by atoms with van der Waals surface area (Å²) in [6, 6.07) is 13.9. The van der Waals surface area contributed by atoms with Crippen molar-refractivity contribution in [1.29, 1.82) is 5.26 Å². The molecule has 2 aromatic carbocycles. The highest BCUT2D eigenvalue weighted by molar-refractivity contribution is 6.00. The van der Waals surface area contributed by atoms with Crippen LogP contribution in [0, 0.1) is 41.7 Å². The molecule has 0 radical (unpaired) electrons. The highest BCUT2D eigenvalue weighted by Crippen LogP contribution is 2.26. The Morgan fingerprint density at radius 2 is 1.67 bits per heavy atom. The molecule has 0 aliphatic carbocycles. The number of likely N-dealkylation sites (N-methyl/N-ethyl adjacent to an activating group) is 1. The van der Waals surface area contributed by atoms with E-state index in [1.807, 2.05) is 12.1 Å². The number of benzene rings is 2. The summed E-state index contributed by atoms with van der Waals surface area (Å²) in [7, 11) is 1.40. The molecule has 2 amide bonds. The van der Waals surface area contributed by atoms with Crippen molar-refractivity contribution in [3.63, 3.8) is 0 Å². The summed E-state index contributed by atoms with van der Waals surface area (Å²) in [4.78, 5) is 42.0. The minimum atomic E-state index is -0.790. The van der Waals surface area contributed by atoms with E-state index in [2.05, 4.69) is 63.9 Å². The predicted octanol–water partition coefficient (Wildman–Crippen LogP) is 6.63. The molecule has 226 valence electrons. The van der Waals surface area contributed by atoms with E-state index >= 15 is 0 Å². The van der Waals surface area contributed by atoms with Crippen LogP contribution < -0.4 is 0 Å². The second-order valence-corrected chi connectivity index (χ2v) is 11.6. The lowest BCUT2D eigenvalue weighted by Crippen LogP contribution is -2.43. The third-order valence-electron chi connectivity index (χ3n) is 6.82. The fourth-order valence-electron chi connectivity index (χ4n) is 4.41. The molecule has 0 bridgehead atoms. The average Bonchev–Trinajstić information content (AvgIpc) is 3.58. The van der Waals surface area contributed by atoms with Crippen molar-refractivity contribution in [2.45, 2.75) is 66.8 Å². The smallest absolute Gasteiger partial charge is 0.270 e. The maximum Gasteiger partial charge on any atom is 0.270 e. The van der Waals surface area contributed by atoms with Gasteiger partial charge in [0, 0.05) is 36.5 Å². The third kappa shape index (κ3) is 8.97. The van der Waals surface area contributed by atoms with Gasteiger partial charge in [0.05, 0.1) is 18.1 Å². The molecule has 0 saturated carbocycles. The molecule has 42 heavy (non-hydrogen) atoms. The zero-order valence-electron chi connectivity index (χ0n) is 25.8. The molecule has 2 atom stereocenters. The average molecular weight is 581 g/mol. The lowest BCUT2D eigenvalue weighted by atomic mass is 10.0. The Bertz CT molecular complexity index is 1420. The summed E-state index contributed by atoms with van der Waals surface area (Å²) in [6.07, 6.45) is 0.279. The largest absolute Gasteiger partial charge is 0.350 e. The van der Waals surface area contributed by atoms with Gasteiger partial charge < -0.3 is 14.8 Å². The first-order chi connectivity index (χ1) is 19.7. The SMILES string of the molecule is CC(=O)C1CC(C#N)N(C(=O)CN(C)C(=O)c2cc3c(F)cc(F)c(C)c3[nH]2)C1.CC(C)C.CC(C)c1ccccc1. The maximum atomic E-state index is 14.0. The number of nitriles is 1. The number of aromatic amines is 1. The van der Waals surface area contributed by atoms with Gasteiger partial charge in [0.2, 0.25) is 5.91 Å². The van der Waals surface area contributed by atoms with Crippen LogP contribution >= 0.6 is 0 Å². The number of hydrogen-bond donors (Lipinski definition) is 1. The van der Waals surface area contributed by atoms with Gasteiger partial charge in [0.25, 0.3) is 5.91 Å². The van der Waals surface area contributed by atoms with Gasteiger partial charge in [-0.05, 0) is 43.7 Å². The molecule has 1 aliphatic rings. The molecule has 1 fully saturated rings. The highest BCUT2D eigenvalue weighted by atomic mass is 19.1. The second-order valence-electron chi connectivity index (χ2n) is 11.6. The van der Waals surface area contributed by atoms with E-state index in [0.717, 1.165) is 16.9 Å². The van der Waals surface area contributed by atoms with Crippen molar-refractivity contribution < 1.29 is 23.2 Å². The Morgan fingerprint density at radius 3 is 2.17 bits per heavy atom. The monoisotopic (exact) mass is 580 g/mol. The van der Waals surface area contributed by atoms with Gasteiger partial charge in [-0.3, -0.25) is 14.4 Å². The number of amides is 2. The fraction of sp³-hybridized carbons (Fsp3) is 0.455. The molecular formula is C33H42F2N4O3. The number of aryl methyl sites for hydroxylation is 1. The van der Waals surface area contributed by atoms with Gasteiger partial charge in [-0.1, -0.05) is 65.0 Å². The zero-order valence-corrected chi connectivity index (χ0v) is 25.8. The molecule has 3 aromatic rings. The van der Waals surface area contributed by atoms with E-state index in [1.165, 1.54) is 37.4 Å². The molecule has 1 saturated heterocycles. The van der Waals surface area contributed by atoms with Crippen molar-refractivity contribution >= 4 is 28.5 Å². The molecule has 2 unspecified atom stereocenters. The lowest BCUT2D eigenvalue weighted by Gasteiger charge is -2.23. The lowest BCUT2D eigenvalue weighted by molar-refractivity contribution is -0.131. The first-order valence-electron chi connectivity index (χ1n) is 14.1. The topological polar surface area (TPSA) is 97.3 Å². The summed E-state index contributed by atoms with van der Waals surface area (Å²) >= 11 is 0. The van der Waals surface area contributed by atoms with E-state index < -0.39 is 29.5 Å². The number of hydrogen-bond acceptors (Lipinski definition) is 4. The van der Waals surface area contributed by atoms with Crippen LogP contribution in [0.15, 0.2) is 42.5 Å². The van der Waals surface area contributed by atoms with Gasteiger partial charge in [-0.15, -0.1) is 0 Å². The Morgan fingerprint density at radius 1 is 1.07 bits per heavy atom. The van der Waals surface area contributed by atoms with E-state index in [4.69, 9.17) is 0 Å². The highest BCUT2D eigenvalue weighted by Gasteiger charge is 2.37. The standard InChI is InChI=1S/C20H20F2N4O3.C9H12.C4H10/c1-10-15(21)6-16(22)14-5-17(24-19(10)14)20(29)25(3)9-18(28)26-8-12(11(2)27)4-13(26)7-23;1-8(2)9-6-4-3-5-7-9;1-4(2)3/h5-6,12-13,24H,4,8-9H2,1-3H3;3-8H,1-2H3;4H,1-3H3. The molecule has 1 N–H and O–H groups in total. The molecule has 1 aromatic heterocycles. The third-order valence-corrected chi connectivity index (χ3v) is 6.82. The number of halogens is 2. The fourth-order valence-corrected chi connectivity index (χ4v) is 4.41. The van der Waals surface area contributed by atoms with Crippen LogP contribution in [0.3, 0.4) is 0 Å². The number of carbonyl (C=O) groups excluding carboxylic acids is 3. The van der Waals surface area contributed by atoms with Crippen LogP contribution in [0.2, 0.25) is 0 Å². The van der Waals surface area contributed by atoms with Gasteiger partial charge in [-0.2, -0.15) is 5.26 Å². The van der Waals surface area contributed by atoms with Gasteiger partial charge in [-0.25, -0.2) is 8.78 Å². The molecule has 4 rings (SSSR count). The van der Waals surface area contributed by atoms with Crippen LogP contribution in [0.5, 0.6) is 0 Å². The van der Waals surface area contributed by atoms with Crippen LogP contribution in [-0.4, -0.2) is 58.6 Å². The Balaban J connectivity index is 0.000000392. The minimum absolute atomic E-state index is 0.0165.